The third-order valence-corrected chi connectivity index (χ3v) is 5.78. The highest BCUT2D eigenvalue weighted by atomic mass is 35.5. The molecule has 2 heterocycles. The Hall–Kier alpha value is -2.49. The van der Waals surface area contributed by atoms with Gasteiger partial charge in [-0.1, -0.05) is 24.6 Å². The van der Waals surface area contributed by atoms with E-state index in [0.717, 1.165) is 18.3 Å². The second-order valence-corrected chi connectivity index (χ2v) is 7.98. The monoisotopic (exact) mass is 484 g/mol. The van der Waals surface area contributed by atoms with Crippen LogP contribution in [-0.2, 0) is 4.74 Å². The van der Waals surface area contributed by atoms with Gasteiger partial charge in [-0.2, -0.15) is 0 Å². The number of halogens is 4. The van der Waals surface area contributed by atoms with Crippen LogP contribution in [0.1, 0.15) is 20.3 Å². The molecule has 1 aliphatic rings. The topological polar surface area (TPSA) is 63.9 Å². The van der Waals surface area contributed by atoms with Gasteiger partial charge in [0.15, 0.2) is 0 Å². The number of anilines is 3. The summed E-state index contributed by atoms with van der Waals surface area (Å²) in [5, 5.41) is 2.20. The Morgan fingerprint density at radius 1 is 1.27 bits per heavy atom. The van der Waals surface area contributed by atoms with Gasteiger partial charge < -0.3 is 20.1 Å². The molecule has 10 heteroatoms. The number of nitrogen functional groups attached to an aromatic ring is 1. The minimum atomic E-state index is -4.79. The number of aromatic nitrogens is 1. The first kappa shape index (κ1) is 25.1. The molecule has 180 valence electrons. The highest BCUT2D eigenvalue weighted by Crippen LogP contribution is 2.33. The summed E-state index contributed by atoms with van der Waals surface area (Å²) in [6.07, 6.45) is -2.24. The van der Waals surface area contributed by atoms with E-state index >= 15 is 0 Å². The minimum Gasteiger partial charge on any atom is -0.406 e. The third-order valence-electron chi connectivity index (χ3n) is 5.33. The molecule has 0 bridgehead atoms. The molecule has 0 radical (unpaired) electrons. The zero-order chi connectivity index (χ0) is 24.0. The molecule has 1 aliphatic heterocycles. The van der Waals surface area contributed by atoms with Gasteiger partial charge in [-0.3, -0.25) is 4.90 Å². The molecule has 1 aromatic heterocycles. The number of hydrogen-bond donors (Lipinski definition) is 1. The van der Waals surface area contributed by atoms with Crippen LogP contribution in [0.2, 0.25) is 0 Å². The van der Waals surface area contributed by atoms with Crippen LogP contribution in [0.15, 0.2) is 30.3 Å². The zero-order valence-electron chi connectivity index (χ0n) is 18.7. The second-order valence-electron chi connectivity index (χ2n) is 7.53. The molecule has 0 atom stereocenters. The lowest BCUT2D eigenvalue weighted by Crippen LogP contribution is -2.41. The molecule has 33 heavy (non-hydrogen) atoms. The quantitative estimate of drug-likeness (QED) is 0.606. The lowest BCUT2D eigenvalue weighted by molar-refractivity contribution is -0.274. The minimum absolute atomic E-state index is 0.152. The summed E-state index contributed by atoms with van der Waals surface area (Å²) in [7, 11) is 0. The normalized spacial score (nSPS) is 16.6. The summed E-state index contributed by atoms with van der Waals surface area (Å²) in [6.45, 7) is 8.02. The fourth-order valence-corrected chi connectivity index (χ4v) is 3.78. The van der Waals surface area contributed by atoms with Gasteiger partial charge in [0, 0.05) is 37.3 Å². The van der Waals surface area contributed by atoms with Gasteiger partial charge in [-0.05, 0) is 42.8 Å². The molecule has 0 spiro atoms. The van der Waals surface area contributed by atoms with Gasteiger partial charge in [0.1, 0.15) is 11.6 Å². The Bertz CT molecular complexity index is 1070. The van der Waals surface area contributed by atoms with Crippen LogP contribution in [-0.4, -0.2) is 55.6 Å². The third kappa shape index (κ3) is 6.75. The average Bonchev–Trinajstić information content (AvgIpc) is 2.79. The van der Waals surface area contributed by atoms with Crippen molar-refractivity contribution in [2.45, 2.75) is 26.6 Å². The molecule has 2 aromatic rings. The number of alkyl halides is 3. The lowest BCUT2D eigenvalue weighted by atomic mass is 10.2. The van der Waals surface area contributed by atoms with E-state index in [9.17, 15) is 13.2 Å². The van der Waals surface area contributed by atoms with Crippen LogP contribution < -0.4 is 25.9 Å². The average molecular weight is 485 g/mol. The largest absolute Gasteiger partial charge is 0.573 e. The molecule has 3 rings (SSSR count). The molecule has 1 aromatic carbocycles. The van der Waals surface area contributed by atoms with E-state index in [4.69, 9.17) is 27.1 Å². The predicted molar refractivity (Wildman–Crippen MR) is 125 cm³/mol. The second kappa shape index (κ2) is 11.1. The van der Waals surface area contributed by atoms with E-state index in [2.05, 4.69) is 9.64 Å². The molecular formula is C23H28ClF3N4O2. The maximum absolute atomic E-state index is 12.6. The highest BCUT2D eigenvalue weighted by Gasteiger charge is 2.31. The first-order valence-corrected chi connectivity index (χ1v) is 11.1. The Kier molecular flexibility index (Phi) is 8.45. The molecular weight excluding hydrogens is 457 g/mol. The van der Waals surface area contributed by atoms with Crippen LogP contribution in [0.3, 0.4) is 0 Å². The van der Waals surface area contributed by atoms with Crippen molar-refractivity contribution in [3.63, 3.8) is 0 Å². The lowest BCUT2D eigenvalue weighted by Gasteiger charge is -2.31. The van der Waals surface area contributed by atoms with Gasteiger partial charge >= 0.3 is 6.36 Å². The van der Waals surface area contributed by atoms with E-state index < -0.39 is 6.36 Å². The maximum Gasteiger partial charge on any atom is 0.573 e. The zero-order valence-corrected chi connectivity index (χ0v) is 19.4. The molecule has 0 aliphatic carbocycles. The number of morpholine rings is 1. The van der Waals surface area contributed by atoms with Crippen molar-refractivity contribution in [3.05, 3.63) is 40.9 Å². The summed E-state index contributed by atoms with van der Waals surface area (Å²) in [5.74, 6) is 0.232. The van der Waals surface area contributed by atoms with Crippen molar-refractivity contribution >= 4 is 39.9 Å². The van der Waals surface area contributed by atoms with E-state index in [0.29, 0.717) is 54.6 Å². The van der Waals surface area contributed by atoms with Gasteiger partial charge in [-0.15, -0.1) is 13.2 Å². The van der Waals surface area contributed by atoms with Gasteiger partial charge in [0.2, 0.25) is 0 Å². The highest BCUT2D eigenvalue weighted by molar-refractivity contribution is 6.44. The van der Waals surface area contributed by atoms with Crippen LogP contribution >= 0.6 is 11.6 Å². The van der Waals surface area contributed by atoms with E-state index in [-0.39, 0.29) is 11.4 Å². The van der Waals surface area contributed by atoms with E-state index in [1.54, 1.807) is 0 Å². The van der Waals surface area contributed by atoms with Gasteiger partial charge in [0.25, 0.3) is 0 Å². The first-order valence-electron chi connectivity index (χ1n) is 10.8. The summed E-state index contributed by atoms with van der Waals surface area (Å²) in [6, 6.07) is 7.72. The number of rotatable bonds is 7. The predicted octanol–water partition coefficient (Wildman–Crippen LogP) is 3.59. The maximum atomic E-state index is 12.6. The molecule has 6 nitrogen and oxygen atoms in total. The van der Waals surface area contributed by atoms with Crippen LogP contribution in [0, 0.1) is 0 Å². The van der Waals surface area contributed by atoms with Crippen molar-refractivity contribution in [1.29, 1.82) is 0 Å². The van der Waals surface area contributed by atoms with Crippen molar-refractivity contribution in [3.8, 4) is 5.75 Å². The first-order chi connectivity index (χ1) is 15.7. The molecule has 1 fully saturated rings. The fourth-order valence-electron chi connectivity index (χ4n) is 3.63. The Labute approximate surface area is 196 Å². The number of nitrogens with two attached hydrogens (primary N) is 1. The summed E-state index contributed by atoms with van der Waals surface area (Å²) in [5.41, 5.74) is 6.87. The van der Waals surface area contributed by atoms with Crippen LogP contribution in [0.5, 0.6) is 5.75 Å². The van der Waals surface area contributed by atoms with Crippen LogP contribution in [0.25, 0.3) is 11.1 Å². The SMILES string of the molecule is C/C=c1/ccc(N(CCN2CCOCC2)c2ccc(OC(F)(F)F)cc2N)n/c1=C(\Cl)CC. The number of hydrogen-bond acceptors (Lipinski definition) is 6. The summed E-state index contributed by atoms with van der Waals surface area (Å²) >= 11 is 6.46. The Balaban J connectivity index is 2.02. The molecule has 0 unspecified atom stereocenters. The number of nitrogens with zero attached hydrogens (tertiary/aromatic N) is 3. The number of pyridine rings is 1. The number of ether oxygens (including phenoxy) is 2. The fraction of sp³-hybridized carbons (Fsp3) is 0.435. The van der Waals surface area contributed by atoms with Crippen molar-refractivity contribution in [2.24, 2.45) is 0 Å². The molecule has 1 saturated heterocycles. The molecule has 2 N–H and O–H groups in total. The molecule has 0 amide bonds. The van der Waals surface area contributed by atoms with Crippen molar-refractivity contribution in [1.82, 2.24) is 9.88 Å². The molecule has 0 saturated carbocycles. The summed E-state index contributed by atoms with van der Waals surface area (Å²) < 4.78 is 47.3. The summed E-state index contributed by atoms with van der Waals surface area (Å²) in [4.78, 5) is 8.95. The van der Waals surface area contributed by atoms with E-state index in [1.807, 2.05) is 37.0 Å². The number of benzene rings is 1. The van der Waals surface area contributed by atoms with Gasteiger partial charge in [0.05, 0.1) is 29.9 Å². The van der Waals surface area contributed by atoms with Crippen molar-refractivity contribution in [2.75, 3.05) is 50.0 Å². The van der Waals surface area contributed by atoms with Crippen molar-refractivity contribution < 1.29 is 22.6 Å². The Morgan fingerprint density at radius 2 is 2.00 bits per heavy atom. The van der Waals surface area contributed by atoms with E-state index in [1.165, 1.54) is 18.2 Å². The standard InChI is InChI=1S/C23H28ClF3N4O2/c1-3-16-5-8-21(29-22(16)18(24)4-2)31(10-9-30-11-13-32-14-12-30)20-7-6-17(15-19(20)28)33-23(25,26)27/h3,5-8,15H,4,9-14,28H2,1-2H3/b16-3-,22-18-. The van der Waals surface area contributed by atoms with Crippen LogP contribution in [0.4, 0.5) is 30.4 Å². The Morgan fingerprint density at radius 3 is 2.61 bits per heavy atom. The smallest absolute Gasteiger partial charge is 0.406 e. The van der Waals surface area contributed by atoms with Gasteiger partial charge in [-0.25, -0.2) is 4.98 Å².